The van der Waals surface area contributed by atoms with Crippen molar-refractivity contribution in [1.82, 2.24) is 0 Å². The standard InChI is InChI=1S/C57H42N2O/c1-35-25-29-37(30-26-35)58(38-31-27-36(2)28-32-38)54-42-18-8-10-20-44(42)55(45-21-11-9-19-43(45)54)59-50-24-14-13-23-48(50)57(3,4)49-33-47-52(34-51(49)59)60-56-46-22-12-6-16-40(46)39-15-5-7-17-41(39)53(47)56/h5-34H,1-4H3. The van der Waals surface area contributed by atoms with Crippen LogP contribution in [0.2, 0.25) is 0 Å². The highest BCUT2D eigenvalue weighted by molar-refractivity contribution is 6.31. The van der Waals surface area contributed by atoms with Crippen LogP contribution in [0.3, 0.4) is 0 Å². The molecule has 1 aromatic heterocycles. The molecule has 0 saturated carbocycles. The SMILES string of the molecule is Cc1ccc(N(c2ccc(C)cc2)c2c3ccccc3c(N3c4ccccc4C(C)(C)c4cc5c(cc43)oc3c4ccccc4c4ccccc4c53)c3ccccc23)cc1. The molecule has 0 saturated heterocycles. The van der Waals surface area contributed by atoms with Crippen LogP contribution in [0, 0.1) is 13.8 Å². The lowest BCUT2D eigenvalue weighted by Crippen LogP contribution is -2.30. The molecule has 60 heavy (non-hydrogen) atoms. The number of furan rings is 1. The molecule has 2 heterocycles. The van der Waals surface area contributed by atoms with Gasteiger partial charge in [0.25, 0.3) is 0 Å². The van der Waals surface area contributed by atoms with Crippen molar-refractivity contribution in [2.45, 2.75) is 33.1 Å². The summed E-state index contributed by atoms with van der Waals surface area (Å²) < 4.78 is 7.09. The van der Waals surface area contributed by atoms with Crippen LogP contribution in [0.15, 0.2) is 186 Å². The molecule has 3 heteroatoms. The van der Waals surface area contributed by atoms with Crippen molar-refractivity contribution in [2.75, 3.05) is 9.80 Å². The van der Waals surface area contributed by atoms with E-state index in [1.807, 2.05) is 0 Å². The van der Waals surface area contributed by atoms with Crippen molar-refractivity contribution in [3.8, 4) is 0 Å². The van der Waals surface area contributed by atoms with Gasteiger partial charge in [0.05, 0.1) is 22.7 Å². The molecule has 0 N–H and O–H groups in total. The number of rotatable bonds is 4. The Hall–Kier alpha value is -7.36. The van der Waals surface area contributed by atoms with E-state index in [-0.39, 0.29) is 5.41 Å². The van der Waals surface area contributed by atoms with Gasteiger partial charge in [0.15, 0.2) is 0 Å². The van der Waals surface area contributed by atoms with Gasteiger partial charge < -0.3 is 14.2 Å². The van der Waals surface area contributed by atoms with Gasteiger partial charge in [-0.2, -0.15) is 0 Å². The minimum absolute atomic E-state index is 0.300. The van der Waals surface area contributed by atoms with E-state index >= 15 is 0 Å². The summed E-state index contributed by atoms with van der Waals surface area (Å²) in [6.45, 7) is 9.06. The Morgan fingerprint density at radius 2 is 0.917 bits per heavy atom. The normalized spacial score (nSPS) is 13.4. The minimum Gasteiger partial charge on any atom is -0.455 e. The first-order chi connectivity index (χ1) is 29.4. The highest BCUT2D eigenvalue weighted by Gasteiger charge is 2.39. The molecule has 0 amide bonds. The molecule has 0 unspecified atom stereocenters. The predicted octanol–water partition coefficient (Wildman–Crippen LogP) is 16.4. The van der Waals surface area contributed by atoms with Gasteiger partial charge in [-0.1, -0.05) is 165 Å². The molecule has 286 valence electrons. The van der Waals surface area contributed by atoms with Crippen LogP contribution >= 0.6 is 0 Å². The Morgan fingerprint density at radius 1 is 0.433 bits per heavy atom. The lowest BCUT2D eigenvalue weighted by molar-refractivity contribution is 0.631. The Morgan fingerprint density at radius 3 is 1.52 bits per heavy atom. The zero-order valence-electron chi connectivity index (χ0n) is 34.1. The summed E-state index contributed by atoms with van der Waals surface area (Å²) in [5, 5.41) is 11.9. The Kier molecular flexibility index (Phi) is 7.40. The molecule has 0 aliphatic carbocycles. The van der Waals surface area contributed by atoms with Crippen LogP contribution in [-0.4, -0.2) is 0 Å². The smallest absolute Gasteiger partial charge is 0.143 e. The Balaban J connectivity index is 1.20. The van der Waals surface area contributed by atoms with Crippen molar-refractivity contribution in [3.05, 3.63) is 204 Å². The zero-order chi connectivity index (χ0) is 40.3. The maximum Gasteiger partial charge on any atom is 0.143 e. The Labute approximate surface area is 349 Å². The summed E-state index contributed by atoms with van der Waals surface area (Å²) in [6.07, 6.45) is 0. The second kappa shape index (κ2) is 12.8. The maximum absolute atomic E-state index is 7.09. The topological polar surface area (TPSA) is 19.6 Å². The second-order valence-electron chi connectivity index (χ2n) is 17.0. The summed E-state index contributed by atoms with van der Waals surface area (Å²) in [7, 11) is 0. The molecule has 10 aromatic carbocycles. The third-order valence-corrected chi connectivity index (χ3v) is 13.1. The molecule has 3 nitrogen and oxygen atoms in total. The van der Waals surface area contributed by atoms with Crippen molar-refractivity contribution in [1.29, 1.82) is 0 Å². The van der Waals surface area contributed by atoms with Crippen molar-refractivity contribution in [3.63, 3.8) is 0 Å². The molecule has 11 aromatic rings. The highest BCUT2D eigenvalue weighted by Crippen LogP contribution is 2.58. The molecule has 1 aliphatic heterocycles. The molecule has 0 spiro atoms. The third-order valence-electron chi connectivity index (χ3n) is 13.1. The summed E-state index contributed by atoms with van der Waals surface area (Å²) >= 11 is 0. The van der Waals surface area contributed by atoms with Crippen LogP contribution < -0.4 is 9.80 Å². The van der Waals surface area contributed by atoms with Crippen LogP contribution in [0.5, 0.6) is 0 Å². The van der Waals surface area contributed by atoms with E-state index in [2.05, 4.69) is 219 Å². The lowest BCUT2D eigenvalue weighted by atomic mass is 9.73. The predicted molar refractivity (Wildman–Crippen MR) is 255 cm³/mol. The first-order valence-electron chi connectivity index (χ1n) is 20.9. The van der Waals surface area contributed by atoms with Crippen LogP contribution in [-0.2, 0) is 5.41 Å². The third kappa shape index (κ3) is 4.90. The van der Waals surface area contributed by atoms with Crippen LogP contribution in [0.4, 0.5) is 34.1 Å². The monoisotopic (exact) mass is 770 g/mol. The number of para-hydroxylation sites is 1. The minimum atomic E-state index is -0.300. The van der Waals surface area contributed by atoms with Crippen molar-refractivity contribution < 1.29 is 4.42 Å². The van der Waals surface area contributed by atoms with E-state index in [4.69, 9.17) is 4.42 Å². The van der Waals surface area contributed by atoms with Gasteiger partial charge in [0.1, 0.15) is 11.2 Å². The largest absolute Gasteiger partial charge is 0.455 e. The lowest BCUT2D eigenvalue weighted by Gasteiger charge is -2.43. The van der Waals surface area contributed by atoms with Crippen LogP contribution in [0.1, 0.15) is 36.1 Å². The number of aryl methyl sites for hydroxylation is 2. The van der Waals surface area contributed by atoms with E-state index < -0.39 is 0 Å². The zero-order valence-corrected chi connectivity index (χ0v) is 34.1. The Bertz CT molecular complexity index is 3440. The number of fused-ring (bicyclic) bond motifs is 12. The van der Waals surface area contributed by atoms with Gasteiger partial charge in [0.2, 0.25) is 0 Å². The van der Waals surface area contributed by atoms with E-state index in [1.54, 1.807) is 0 Å². The summed E-state index contributed by atoms with van der Waals surface area (Å²) in [4.78, 5) is 4.98. The summed E-state index contributed by atoms with van der Waals surface area (Å²) in [5.74, 6) is 0. The number of nitrogens with zero attached hydrogens (tertiary/aromatic N) is 2. The molecule has 0 fully saturated rings. The number of anilines is 6. The van der Waals surface area contributed by atoms with Crippen molar-refractivity contribution in [2.24, 2.45) is 0 Å². The first-order valence-corrected chi connectivity index (χ1v) is 20.9. The summed E-state index contributed by atoms with van der Waals surface area (Å²) in [6, 6.07) is 67.0. The van der Waals surface area contributed by atoms with Gasteiger partial charge in [-0.05, 0) is 77.5 Å². The average Bonchev–Trinajstić information content (AvgIpc) is 3.67. The van der Waals surface area contributed by atoms with Crippen LogP contribution in [0.25, 0.3) is 65.0 Å². The maximum atomic E-state index is 7.09. The molecule has 0 bridgehead atoms. The van der Waals surface area contributed by atoms with Gasteiger partial charge in [-0.3, -0.25) is 0 Å². The quantitative estimate of drug-likeness (QED) is 0.131. The van der Waals surface area contributed by atoms with Gasteiger partial charge in [0, 0.05) is 60.6 Å². The first kappa shape index (κ1) is 34.7. The summed E-state index contributed by atoms with van der Waals surface area (Å²) in [5.41, 5.74) is 13.4. The second-order valence-corrected chi connectivity index (χ2v) is 17.0. The van der Waals surface area contributed by atoms with Gasteiger partial charge in [-0.25, -0.2) is 0 Å². The number of hydrogen-bond acceptors (Lipinski definition) is 3. The fourth-order valence-electron chi connectivity index (χ4n) is 10.2. The van der Waals surface area contributed by atoms with Crippen molar-refractivity contribution >= 4 is 99.2 Å². The van der Waals surface area contributed by atoms with Gasteiger partial charge >= 0.3 is 0 Å². The van der Waals surface area contributed by atoms with E-state index in [9.17, 15) is 0 Å². The average molecular weight is 771 g/mol. The van der Waals surface area contributed by atoms with E-state index in [0.29, 0.717) is 0 Å². The van der Waals surface area contributed by atoms with Gasteiger partial charge in [-0.15, -0.1) is 0 Å². The molecule has 0 atom stereocenters. The molecular formula is C57H42N2O. The number of hydrogen-bond donors (Lipinski definition) is 0. The van der Waals surface area contributed by atoms with E-state index in [0.717, 1.165) is 50.4 Å². The molecule has 12 rings (SSSR count). The van der Waals surface area contributed by atoms with E-state index in [1.165, 1.54) is 71.0 Å². The molecule has 0 radical (unpaired) electrons. The number of benzene rings is 10. The highest BCUT2D eigenvalue weighted by atomic mass is 16.3. The fraction of sp³-hybridized carbons (Fsp3) is 0.0877. The molecule has 1 aliphatic rings. The molecular weight excluding hydrogens is 729 g/mol. The fourth-order valence-corrected chi connectivity index (χ4v) is 10.2.